The summed E-state index contributed by atoms with van der Waals surface area (Å²) >= 11 is 0. The Labute approximate surface area is 346 Å². The van der Waals surface area contributed by atoms with E-state index in [0.717, 1.165) is 43.0 Å². The molecule has 1 aromatic carbocycles. The zero-order valence-electron chi connectivity index (χ0n) is 35.7. The summed E-state index contributed by atoms with van der Waals surface area (Å²) in [4.78, 5) is 65.6. The fourth-order valence-corrected chi connectivity index (χ4v) is 8.21. The predicted octanol–water partition coefficient (Wildman–Crippen LogP) is 5.61. The van der Waals surface area contributed by atoms with E-state index < -0.39 is 23.8 Å². The number of alkyl carbamates (subject to hydrolysis) is 1. The van der Waals surface area contributed by atoms with Gasteiger partial charge in [0.1, 0.15) is 35.0 Å². The number of nitrogens with zero attached hydrogens (tertiary/aromatic N) is 4. The number of aromatic nitrogens is 4. The molecule has 0 radical (unpaired) electrons. The number of H-pyrrole nitrogens is 2. The third kappa shape index (κ3) is 11.8. The van der Waals surface area contributed by atoms with Crippen LogP contribution in [0.15, 0.2) is 24.5 Å². The van der Waals surface area contributed by atoms with E-state index in [-0.39, 0.29) is 59.8 Å². The number of hydrogen-bond donors (Lipinski definition) is 5. The van der Waals surface area contributed by atoms with Crippen LogP contribution in [0.1, 0.15) is 102 Å². The van der Waals surface area contributed by atoms with Crippen molar-refractivity contribution in [1.29, 1.82) is 0 Å². The number of nitrogens with one attached hydrogen (secondary N) is 5. The van der Waals surface area contributed by atoms with Crippen LogP contribution < -0.4 is 20.9 Å². The predicted molar refractivity (Wildman–Crippen MR) is 220 cm³/mol. The number of hydrogen-bond acceptors (Lipinski definition) is 10. The van der Waals surface area contributed by atoms with Crippen LogP contribution in [0.5, 0.6) is 0 Å². The Balaban J connectivity index is 0.00000102. The number of aryl methyl sites for hydroxylation is 1. The van der Waals surface area contributed by atoms with Gasteiger partial charge in [-0.05, 0) is 69.0 Å². The molecule has 1 saturated carbocycles. The maximum Gasteiger partial charge on any atom is 0.407 e. The summed E-state index contributed by atoms with van der Waals surface area (Å²) in [6.07, 6.45) is 8.59. The molecule has 4 heterocycles. The maximum atomic E-state index is 15.8. The van der Waals surface area contributed by atoms with Crippen molar-refractivity contribution in [3.05, 3.63) is 53.5 Å². The first kappa shape index (κ1) is 46.6. The van der Waals surface area contributed by atoms with E-state index in [4.69, 9.17) is 14.5 Å². The number of rotatable bonds is 15. The third-order valence-corrected chi connectivity index (χ3v) is 11.0. The number of likely N-dealkylation sites (N-methyl/N-ethyl adjacent to an activating group) is 1. The minimum atomic E-state index is -0.710. The van der Waals surface area contributed by atoms with E-state index in [1.165, 1.54) is 32.8 Å². The number of anilines is 1. The van der Waals surface area contributed by atoms with Crippen LogP contribution in [0.4, 0.5) is 19.3 Å². The monoisotopic (exact) mass is 827 g/mol. The first-order chi connectivity index (χ1) is 28.3. The summed E-state index contributed by atoms with van der Waals surface area (Å²) in [7, 11) is 4.31. The molecule has 5 unspecified atom stereocenters. The molecule has 2 saturated heterocycles. The van der Waals surface area contributed by atoms with E-state index in [0.29, 0.717) is 50.2 Å². The molecule has 3 fully saturated rings. The van der Waals surface area contributed by atoms with Crippen LogP contribution in [-0.2, 0) is 30.3 Å². The molecule has 3 aliphatic rings. The maximum absolute atomic E-state index is 15.8. The summed E-state index contributed by atoms with van der Waals surface area (Å²) in [5, 5.41) is 8.34. The van der Waals surface area contributed by atoms with E-state index in [9.17, 15) is 14.4 Å². The van der Waals surface area contributed by atoms with Gasteiger partial charge >= 0.3 is 6.09 Å². The molecule has 6 atom stereocenters. The van der Waals surface area contributed by atoms with Crippen LogP contribution in [0.2, 0.25) is 0 Å². The number of halogens is 2. The quantitative estimate of drug-likeness (QED) is 0.0952. The van der Waals surface area contributed by atoms with E-state index in [2.05, 4.69) is 56.4 Å². The Morgan fingerprint density at radius 1 is 1.03 bits per heavy atom. The summed E-state index contributed by atoms with van der Waals surface area (Å²) in [5.74, 6) is 0.478. The first-order valence-electron chi connectivity index (χ1n) is 20.7. The number of fused-ring (bicyclic) bond motifs is 1. The summed E-state index contributed by atoms with van der Waals surface area (Å²) < 4.78 is 40.2. The molecule has 0 spiro atoms. The van der Waals surface area contributed by atoms with Crippen LogP contribution in [0, 0.1) is 29.4 Å². The third-order valence-electron chi connectivity index (χ3n) is 11.0. The lowest BCUT2D eigenvalue weighted by Gasteiger charge is -2.33. The fourth-order valence-electron chi connectivity index (χ4n) is 8.21. The number of ether oxygens (including phenoxy) is 2. The standard InChI is InChI=1S/C37H51F2N9O4.C3H8.C2H4O2/c1-20(2)32(46-37(51)52-5)36(50)47-13-8-9-28(47)35-43-18-27(45-35)23-11-14-48(33-21(3)31(23)33)34-24(38)15-22(16-25(34)39)26-17-42-29(44-26)10-6-7-12-41-30(49)19-40-4;1-3-2;1-4-2-3/h15-18,20-21,23,28,31-33,40H,6-14,19H2,1-5H3,(H,41,49)(H,42,44)(H,43,45)(H,46,51);3H2,1-2H3;2H,1H3/t21-,23?,28?,31?,32?,33?;;/m1../s1. The lowest BCUT2D eigenvalue weighted by atomic mass is 9.92. The zero-order valence-corrected chi connectivity index (χ0v) is 35.7. The van der Waals surface area contributed by atoms with Gasteiger partial charge in [0.05, 0.1) is 38.7 Å². The minimum absolute atomic E-state index is 0.00675. The highest BCUT2D eigenvalue weighted by atomic mass is 19.1. The van der Waals surface area contributed by atoms with E-state index in [1.54, 1.807) is 18.1 Å². The van der Waals surface area contributed by atoms with Gasteiger partial charge in [0, 0.05) is 55.5 Å². The molecule has 5 N–H and O–H groups in total. The highest BCUT2D eigenvalue weighted by Gasteiger charge is 2.58. The van der Waals surface area contributed by atoms with Crippen molar-refractivity contribution in [2.75, 3.05) is 52.3 Å². The molecule has 15 nitrogen and oxygen atoms in total. The Bertz CT molecular complexity index is 1810. The number of piperidine rings is 1. The van der Waals surface area contributed by atoms with Gasteiger partial charge in [-0.3, -0.25) is 14.4 Å². The average molecular weight is 828 g/mol. The molecule has 17 heteroatoms. The lowest BCUT2D eigenvalue weighted by Crippen LogP contribution is -2.51. The molecule has 2 aromatic heterocycles. The molecule has 3 amide bonds. The number of imidazole rings is 2. The number of benzene rings is 1. The molecule has 0 bridgehead atoms. The van der Waals surface area contributed by atoms with Crippen molar-refractivity contribution in [1.82, 2.24) is 40.8 Å². The molecule has 59 heavy (non-hydrogen) atoms. The van der Waals surface area contributed by atoms with Crippen LogP contribution in [0.3, 0.4) is 0 Å². The molecule has 3 aromatic rings. The van der Waals surface area contributed by atoms with E-state index >= 15 is 8.78 Å². The van der Waals surface area contributed by atoms with E-state index in [1.807, 2.05) is 24.9 Å². The van der Waals surface area contributed by atoms with Crippen molar-refractivity contribution in [3.63, 3.8) is 0 Å². The largest absolute Gasteiger partial charge is 0.471 e. The minimum Gasteiger partial charge on any atom is -0.471 e. The second-order valence-corrected chi connectivity index (χ2v) is 15.7. The summed E-state index contributed by atoms with van der Waals surface area (Å²) in [6, 6.07) is 1.80. The van der Waals surface area contributed by atoms with Gasteiger partial charge < -0.3 is 45.2 Å². The Morgan fingerprint density at radius 3 is 2.36 bits per heavy atom. The smallest absolute Gasteiger partial charge is 0.407 e. The Kier molecular flexibility index (Phi) is 17.7. The van der Waals surface area contributed by atoms with Gasteiger partial charge in [-0.15, -0.1) is 0 Å². The summed E-state index contributed by atoms with van der Waals surface area (Å²) in [5.41, 5.74) is 1.94. The fraction of sp³-hybridized carbons (Fsp3) is 0.619. The van der Waals surface area contributed by atoms with Gasteiger partial charge in [0.25, 0.3) is 6.47 Å². The average Bonchev–Trinajstić information content (AvgIpc) is 3.72. The van der Waals surface area contributed by atoms with Crippen molar-refractivity contribution >= 4 is 30.1 Å². The van der Waals surface area contributed by atoms with Gasteiger partial charge in [-0.2, -0.15) is 0 Å². The van der Waals surface area contributed by atoms with Gasteiger partial charge in [0.2, 0.25) is 11.8 Å². The Hall–Kier alpha value is -5.06. The first-order valence-corrected chi connectivity index (χ1v) is 20.7. The second kappa shape index (κ2) is 22.3. The normalized spacial score (nSPS) is 21.0. The van der Waals surface area contributed by atoms with Crippen molar-refractivity contribution < 1.29 is 37.4 Å². The van der Waals surface area contributed by atoms with Crippen molar-refractivity contribution in [2.24, 2.45) is 17.8 Å². The summed E-state index contributed by atoms with van der Waals surface area (Å²) in [6.45, 7) is 12.4. The number of methoxy groups -OCH3 is 2. The van der Waals surface area contributed by atoms with Crippen LogP contribution >= 0.6 is 0 Å². The Morgan fingerprint density at radius 2 is 1.73 bits per heavy atom. The zero-order chi connectivity index (χ0) is 43.2. The number of carbonyl (C=O) groups is 4. The number of carbonyl (C=O) groups excluding carboxylic acids is 4. The van der Waals surface area contributed by atoms with Gasteiger partial charge in [-0.25, -0.2) is 23.5 Å². The SMILES string of the molecule is CCC.CNCC(=O)NCCCCc1ncc(-c2cc(F)c(N3CCC(c4cnc(C5CCCN5C(=O)C(NC(=O)OC)C(C)C)[nH]4)C4C3[C@@H]4C)c(F)c2)[nH]1.COC=O. The van der Waals surface area contributed by atoms with Crippen molar-refractivity contribution in [2.45, 2.75) is 104 Å². The van der Waals surface area contributed by atoms with Crippen molar-refractivity contribution in [3.8, 4) is 11.3 Å². The number of amides is 3. The second-order valence-electron chi connectivity index (χ2n) is 15.7. The number of unbranched alkanes of at least 4 members (excludes halogenated alkanes) is 1. The van der Waals surface area contributed by atoms with Gasteiger partial charge in [0.15, 0.2) is 0 Å². The highest BCUT2D eigenvalue weighted by Crippen LogP contribution is 2.57. The molecule has 326 valence electrons. The van der Waals surface area contributed by atoms with Gasteiger partial charge in [-0.1, -0.05) is 41.0 Å². The number of aromatic amines is 2. The number of likely N-dealkylation sites (tertiary alicyclic amines) is 1. The highest BCUT2D eigenvalue weighted by molar-refractivity contribution is 5.86. The van der Waals surface area contributed by atoms with Crippen LogP contribution in [-0.4, -0.2) is 109 Å². The molecule has 6 rings (SSSR count). The molecular weight excluding hydrogens is 765 g/mol. The molecule has 1 aliphatic carbocycles. The topological polar surface area (TPSA) is 187 Å². The van der Waals surface area contributed by atoms with Crippen LogP contribution in [0.25, 0.3) is 11.3 Å². The lowest BCUT2D eigenvalue weighted by molar-refractivity contribution is -0.135. The molecule has 2 aliphatic heterocycles. The molecular formula is C42H63F2N9O6.